The topological polar surface area (TPSA) is 35.2 Å². The molecule has 0 aliphatic carbocycles. The number of rotatable bonds is 4. The van der Waals surface area contributed by atoms with Crippen molar-refractivity contribution < 1.29 is 9.13 Å². The number of benzene rings is 2. The highest BCUT2D eigenvalue weighted by molar-refractivity contribution is 6.31. The zero-order chi connectivity index (χ0) is 14.7. The zero-order valence-electron chi connectivity index (χ0n) is 10.9. The Kier molecular flexibility index (Phi) is 4.86. The van der Waals surface area contributed by atoms with Crippen molar-refractivity contribution in [2.45, 2.75) is 19.6 Å². The second kappa shape index (κ2) is 6.44. The lowest BCUT2D eigenvalue weighted by molar-refractivity contribution is 0.295. The van der Waals surface area contributed by atoms with E-state index in [-0.39, 0.29) is 12.6 Å². The fourth-order valence-corrected chi connectivity index (χ4v) is 2.22. The average molecular weight is 314 g/mol. The van der Waals surface area contributed by atoms with Gasteiger partial charge in [0.1, 0.15) is 18.2 Å². The van der Waals surface area contributed by atoms with Crippen LogP contribution in [0.25, 0.3) is 0 Å². The van der Waals surface area contributed by atoms with Gasteiger partial charge in [0, 0.05) is 22.2 Å². The maximum absolute atomic E-state index is 13.7. The molecule has 2 N–H and O–H groups in total. The van der Waals surface area contributed by atoms with Crippen LogP contribution in [0.1, 0.15) is 24.1 Å². The Bertz CT molecular complexity index is 597. The summed E-state index contributed by atoms with van der Waals surface area (Å²) in [6.07, 6.45) is 0. The first kappa shape index (κ1) is 15.1. The van der Waals surface area contributed by atoms with Gasteiger partial charge in [-0.2, -0.15) is 0 Å². The SMILES string of the molecule is CC(N)c1cc(Cl)ccc1OCc1c(F)cccc1Cl. The summed E-state index contributed by atoms with van der Waals surface area (Å²) >= 11 is 11.9. The summed E-state index contributed by atoms with van der Waals surface area (Å²) in [6.45, 7) is 1.86. The van der Waals surface area contributed by atoms with E-state index >= 15 is 0 Å². The lowest BCUT2D eigenvalue weighted by Crippen LogP contribution is -2.08. The van der Waals surface area contributed by atoms with E-state index in [4.69, 9.17) is 33.7 Å². The van der Waals surface area contributed by atoms with Gasteiger partial charge in [-0.3, -0.25) is 0 Å². The number of hydrogen-bond donors (Lipinski definition) is 1. The van der Waals surface area contributed by atoms with Gasteiger partial charge >= 0.3 is 0 Å². The summed E-state index contributed by atoms with van der Waals surface area (Å²) in [5, 5.41) is 0.912. The van der Waals surface area contributed by atoms with Crippen LogP contribution in [0.2, 0.25) is 10.0 Å². The molecule has 0 heterocycles. The van der Waals surface area contributed by atoms with Crippen LogP contribution in [0.5, 0.6) is 5.75 Å². The molecular weight excluding hydrogens is 300 g/mol. The molecule has 5 heteroatoms. The Morgan fingerprint density at radius 2 is 2.00 bits per heavy atom. The Balaban J connectivity index is 2.23. The molecule has 2 nitrogen and oxygen atoms in total. The van der Waals surface area contributed by atoms with Crippen LogP contribution in [0.4, 0.5) is 4.39 Å². The van der Waals surface area contributed by atoms with E-state index in [0.717, 1.165) is 5.56 Å². The van der Waals surface area contributed by atoms with Crippen molar-refractivity contribution in [2.75, 3.05) is 0 Å². The smallest absolute Gasteiger partial charge is 0.131 e. The lowest BCUT2D eigenvalue weighted by Gasteiger charge is -2.15. The number of hydrogen-bond acceptors (Lipinski definition) is 2. The van der Waals surface area contributed by atoms with Gasteiger partial charge in [-0.05, 0) is 37.3 Å². The zero-order valence-corrected chi connectivity index (χ0v) is 12.4. The Labute approximate surface area is 127 Å². The van der Waals surface area contributed by atoms with Gasteiger partial charge in [-0.15, -0.1) is 0 Å². The summed E-state index contributed by atoms with van der Waals surface area (Å²) in [4.78, 5) is 0. The van der Waals surface area contributed by atoms with Gasteiger partial charge in [-0.25, -0.2) is 4.39 Å². The van der Waals surface area contributed by atoms with Crippen molar-refractivity contribution in [3.8, 4) is 5.75 Å². The van der Waals surface area contributed by atoms with Crippen molar-refractivity contribution in [1.29, 1.82) is 0 Å². The highest BCUT2D eigenvalue weighted by atomic mass is 35.5. The summed E-state index contributed by atoms with van der Waals surface area (Å²) in [7, 11) is 0. The van der Waals surface area contributed by atoms with Gasteiger partial charge in [0.05, 0.1) is 5.02 Å². The van der Waals surface area contributed by atoms with Gasteiger partial charge in [0.2, 0.25) is 0 Å². The third-order valence-corrected chi connectivity index (χ3v) is 3.49. The van der Waals surface area contributed by atoms with Crippen molar-refractivity contribution in [2.24, 2.45) is 5.73 Å². The van der Waals surface area contributed by atoms with E-state index in [1.165, 1.54) is 6.07 Å². The normalized spacial score (nSPS) is 12.2. The molecule has 0 radical (unpaired) electrons. The first-order valence-electron chi connectivity index (χ1n) is 6.09. The van der Waals surface area contributed by atoms with Crippen LogP contribution in [0, 0.1) is 5.82 Å². The van der Waals surface area contributed by atoms with Crippen molar-refractivity contribution in [3.05, 3.63) is 63.4 Å². The summed E-state index contributed by atoms with van der Waals surface area (Å²) in [6, 6.07) is 9.44. The third-order valence-electron chi connectivity index (χ3n) is 2.90. The highest BCUT2D eigenvalue weighted by Crippen LogP contribution is 2.29. The fourth-order valence-electron chi connectivity index (χ4n) is 1.83. The van der Waals surface area contributed by atoms with Gasteiger partial charge in [0.25, 0.3) is 0 Å². The van der Waals surface area contributed by atoms with Gasteiger partial charge < -0.3 is 10.5 Å². The third kappa shape index (κ3) is 3.42. The maximum atomic E-state index is 13.7. The van der Waals surface area contributed by atoms with E-state index in [1.807, 2.05) is 6.92 Å². The van der Waals surface area contributed by atoms with Crippen molar-refractivity contribution in [3.63, 3.8) is 0 Å². The molecule has 0 aromatic heterocycles. The maximum Gasteiger partial charge on any atom is 0.131 e. The van der Waals surface area contributed by atoms with E-state index in [1.54, 1.807) is 30.3 Å². The fraction of sp³-hybridized carbons (Fsp3) is 0.200. The molecule has 0 aliphatic heterocycles. The molecule has 2 aromatic rings. The molecule has 0 saturated heterocycles. The molecule has 0 amide bonds. The first-order chi connectivity index (χ1) is 9.49. The molecule has 0 bridgehead atoms. The molecule has 0 aliphatic rings. The molecule has 20 heavy (non-hydrogen) atoms. The molecule has 106 valence electrons. The molecular formula is C15H14Cl2FNO. The largest absolute Gasteiger partial charge is 0.488 e. The highest BCUT2D eigenvalue weighted by Gasteiger charge is 2.12. The Hall–Kier alpha value is -1.29. The molecule has 2 rings (SSSR count). The first-order valence-corrected chi connectivity index (χ1v) is 6.85. The summed E-state index contributed by atoms with van der Waals surface area (Å²) in [5.41, 5.74) is 6.96. The average Bonchev–Trinajstić information content (AvgIpc) is 2.39. The molecule has 1 atom stereocenters. The summed E-state index contributed by atoms with van der Waals surface area (Å²) in [5.74, 6) is 0.178. The van der Waals surface area contributed by atoms with E-state index in [0.29, 0.717) is 21.4 Å². The molecule has 1 unspecified atom stereocenters. The molecule has 0 saturated carbocycles. The van der Waals surface area contributed by atoms with Crippen LogP contribution >= 0.6 is 23.2 Å². The van der Waals surface area contributed by atoms with Crippen molar-refractivity contribution in [1.82, 2.24) is 0 Å². The lowest BCUT2D eigenvalue weighted by atomic mass is 10.1. The minimum absolute atomic E-state index is 0.0346. The molecule has 0 spiro atoms. The van der Waals surface area contributed by atoms with Crippen molar-refractivity contribution >= 4 is 23.2 Å². The Morgan fingerprint density at radius 1 is 1.25 bits per heavy atom. The van der Waals surface area contributed by atoms with E-state index < -0.39 is 5.82 Å². The number of ether oxygens (including phenoxy) is 1. The quantitative estimate of drug-likeness (QED) is 0.885. The predicted molar refractivity (Wildman–Crippen MR) is 79.8 cm³/mol. The number of nitrogens with two attached hydrogens (primary N) is 1. The summed E-state index contributed by atoms with van der Waals surface area (Å²) < 4.78 is 19.3. The Morgan fingerprint density at radius 3 is 2.65 bits per heavy atom. The van der Waals surface area contributed by atoms with Crippen LogP contribution < -0.4 is 10.5 Å². The standard InChI is InChI=1S/C15H14Cl2FNO/c1-9(19)11-7-10(16)5-6-15(11)20-8-12-13(17)3-2-4-14(12)18/h2-7,9H,8,19H2,1H3. The molecule has 2 aromatic carbocycles. The second-order valence-electron chi connectivity index (χ2n) is 4.46. The van der Waals surface area contributed by atoms with Crippen LogP contribution in [0.3, 0.4) is 0 Å². The molecule has 0 fully saturated rings. The minimum atomic E-state index is -0.395. The van der Waals surface area contributed by atoms with Crippen LogP contribution in [0.15, 0.2) is 36.4 Å². The number of halogens is 3. The van der Waals surface area contributed by atoms with Gasteiger partial charge in [0.15, 0.2) is 0 Å². The predicted octanol–water partition coefficient (Wildman–Crippen LogP) is 4.73. The minimum Gasteiger partial charge on any atom is -0.488 e. The van der Waals surface area contributed by atoms with Gasteiger partial charge in [-0.1, -0.05) is 29.3 Å². The van der Waals surface area contributed by atoms with Crippen LogP contribution in [-0.4, -0.2) is 0 Å². The monoisotopic (exact) mass is 313 g/mol. The second-order valence-corrected chi connectivity index (χ2v) is 5.30. The van der Waals surface area contributed by atoms with E-state index in [9.17, 15) is 4.39 Å². The van der Waals surface area contributed by atoms with Crippen LogP contribution in [-0.2, 0) is 6.61 Å². The van der Waals surface area contributed by atoms with E-state index in [2.05, 4.69) is 0 Å².